The molecular weight excluding hydrogens is 432 g/mol. The second-order valence-electron chi connectivity index (χ2n) is 8.32. The van der Waals surface area contributed by atoms with Crippen LogP contribution in [0.15, 0.2) is 36.4 Å². The van der Waals surface area contributed by atoms with Crippen molar-refractivity contribution in [2.45, 2.75) is 72.3 Å². The van der Waals surface area contributed by atoms with Crippen molar-refractivity contribution in [3.05, 3.63) is 47.5 Å². The first-order valence-corrected chi connectivity index (χ1v) is 12.1. The lowest BCUT2D eigenvalue weighted by atomic mass is 10.00. The topological polar surface area (TPSA) is 99.9 Å². The van der Waals surface area contributed by atoms with Crippen molar-refractivity contribution in [2.75, 3.05) is 24.3 Å². The molecule has 3 N–H and O–H groups in total. The van der Waals surface area contributed by atoms with Gasteiger partial charge in [-0.2, -0.15) is 0 Å². The van der Waals surface area contributed by atoms with Gasteiger partial charge in [0.1, 0.15) is 17.6 Å². The van der Waals surface area contributed by atoms with Gasteiger partial charge < -0.3 is 25.3 Å². The van der Waals surface area contributed by atoms with Gasteiger partial charge >= 0.3 is 5.97 Å². The lowest BCUT2D eigenvalue weighted by Gasteiger charge is -2.25. The Labute approximate surface area is 203 Å². The van der Waals surface area contributed by atoms with Gasteiger partial charge in [-0.05, 0) is 80.1 Å². The van der Waals surface area contributed by atoms with Gasteiger partial charge in [0, 0.05) is 18.3 Å². The second-order valence-corrected chi connectivity index (χ2v) is 8.32. The molecule has 1 atom stereocenters. The number of hydrogen-bond donors (Lipinski definition) is 2. The van der Waals surface area contributed by atoms with Crippen molar-refractivity contribution in [3.63, 3.8) is 0 Å². The minimum Gasteiger partial charge on any atom is -0.493 e. The highest BCUT2D eigenvalue weighted by Gasteiger charge is 2.22. The molecular formula is C27H38N2O5. The maximum atomic E-state index is 11.4. The van der Waals surface area contributed by atoms with Crippen LogP contribution in [0.3, 0.4) is 0 Å². The fourth-order valence-corrected chi connectivity index (χ4v) is 3.66. The van der Waals surface area contributed by atoms with Crippen LogP contribution in [-0.4, -0.2) is 31.2 Å². The van der Waals surface area contributed by atoms with Gasteiger partial charge in [0.25, 0.3) is 0 Å². The van der Waals surface area contributed by atoms with Crippen molar-refractivity contribution in [1.82, 2.24) is 0 Å². The number of carbonyl (C=O) groups is 2. The molecule has 0 saturated heterocycles. The summed E-state index contributed by atoms with van der Waals surface area (Å²) in [6.45, 7) is 8.78. The zero-order chi connectivity index (χ0) is 24.9. The molecule has 1 amide bonds. The monoisotopic (exact) mass is 470 g/mol. The van der Waals surface area contributed by atoms with Crippen molar-refractivity contribution < 1.29 is 23.8 Å². The fraction of sp³-hybridized carbons (Fsp3) is 0.481. The van der Waals surface area contributed by atoms with Crippen LogP contribution < -0.4 is 20.5 Å². The van der Waals surface area contributed by atoms with E-state index >= 15 is 0 Å². The largest absolute Gasteiger partial charge is 0.493 e. The summed E-state index contributed by atoms with van der Waals surface area (Å²) in [6, 6.07) is 11.4. The molecule has 34 heavy (non-hydrogen) atoms. The summed E-state index contributed by atoms with van der Waals surface area (Å²) in [4.78, 5) is 22.2. The third-order valence-electron chi connectivity index (χ3n) is 5.04. The van der Waals surface area contributed by atoms with E-state index in [9.17, 15) is 9.59 Å². The Morgan fingerprint density at radius 3 is 2.47 bits per heavy atom. The van der Waals surface area contributed by atoms with E-state index in [0.29, 0.717) is 13.0 Å². The highest BCUT2D eigenvalue weighted by atomic mass is 16.5. The Morgan fingerprint density at radius 2 is 1.76 bits per heavy atom. The summed E-state index contributed by atoms with van der Waals surface area (Å²) in [5, 5.41) is 2.76. The summed E-state index contributed by atoms with van der Waals surface area (Å²) in [7, 11) is 0. The summed E-state index contributed by atoms with van der Waals surface area (Å²) in [5.74, 6) is 1.54. The molecule has 2 aromatic carbocycles. The van der Waals surface area contributed by atoms with E-state index in [1.807, 2.05) is 36.4 Å². The minimum absolute atomic E-state index is 0.0401. The molecule has 0 bridgehead atoms. The number of rotatable bonds is 4. The molecule has 0 saturated carbocycles. The van der Waals surface area contributed by atoms with Crippen LogP contribution in [0.2, 0.25) is 0 Å². The van der Waals surface area contributed by atoms with Crippen LogP contribution in [0.5, 0.6) is 11.5 Å². The van der Waals surface area contributed by atoms with Crippen molar-refractivity contribution in [3.8, 4) is 11.5 Å². The first kappa shape index (κ1) is 27.0. The number of nitrogens with one attached hydrogen (secondary N) is 1. The van der Waals surface area contributed by atoms with E-state index in [1.165, 1.54) is 18.9 Å². The van der Waals surface area contributed by atoms with E-state index in [0.717, 1.165) is 60.7 Å². The second kappa shape index (κ2) is 14.1. The van der Waals surface area contributed by atoms with Crippen LogP contribution in [0.4, 0.5) is 11.4 Å². The maximum Gasteiger partial charge on any atom is 0.309 e. The molecule has 4 rings (SSSR count). The number of benzene rings is 2. The highest BCUT2D eigenvalue weighted by molar-refractivity contribution is 5.88. The standard InChI is InChI=1S/C13H17NO3.C11H13NO2.C3H8/c1-2-16-13(15)8-11-5-3-9-7-10(14)4-6-12(9)17-11;1-8(13)12-10-4-5-11-9(7-10)3-2-6-14-11;1-3-2/h4,6-7,11H,2-3,5,8,14H2,1H3;4-5,7H,2-3,6H2,1H3,(H,12,13);3H2,1-2H3/t11-;;/m0../s1. The van der Waals surface area contributed by atoms with E-state index in [4.69, 9.17) is 19.9 Å². The summed E-state index contributed by atoms with van der Waals surface area (Å²) in [5.41, 5.74) is 9.60. The Bertz CT molecular complexity index is 945. The summed E-state index contributed by atoms with van der Waals surface area (Å²) < 4.78 is 16.1. The highest BCUT2D eigenvalue weighted by Crippen LogP contribution is 2.30. The Morgan fingerprint density at radius 1 is 1.06 bits per heavy atom. The third kappa shape index (κ3) is 8.96. The zero-order valence-electron chi connectivity index (χ0n) is 20.8. The fourth-order valence-electron chi connectivity index (χ4n) is 3.66. The number of amides is 1. The number of nitrogen functional groups attached to an aromatic ring is 1. The lowest BCUT2D eigenvalue weighted by Crippen LogP contribution is -2.26. The Balaban J connectivity index is 0.000000219. The molecule has 0 fully saturated rings. The third-order valence-corrected chi connectivity index (χ3v) is 5.04. The molecule has 0 spiro atoms. The predicted octanol–water partition coefficient (Wildman–Crippen LogP) is 5.30. The SMILES string of the molecule is CC(=O)Nc1ccc2c(c1)CCCO2.CCC.CCOC(=O)C[C@@H]1CCc2cc(N)ccc2O1. The lowest BCUT2D eigenvalue weighted by molar-refractivity contribution is -0.145. The maximum absolute atomic E-state index is 11.4. The number of aryl methyl sites for hydroxylation is 2. The average Bonchev–Trinajstić information content (AvgIpc) is 2.80. The number of ether oxygens (including phenoxy) is 3. The zero-order valence-corrected chi connectivity index (χ0v) is 20.8. The van der Waals surface area contributed by atoms with Crippen molar-refractivity contribution >= 4 is 23.3 Å². The van der Waals surface area contributed by atoms with Gasteiger partial charge in [-0.25, -0.2) is 0 Å². The van der Waals surface area contributed by atoms with E-state index < -0.39 is 0 Å². The number of anilines is 2. The van der Waals surface area contributed by atoms with Gasteiger partial charge in [-0.15, -0.1) is 0 Å². The molecule has 186 valence electrons. The molecule has 2 heterocycles. The minimum atomic E-state index is -0.198. The molecule has 2 aliphatic rings. The predicted molar refractivity (Wildman–Crippen MR) is 135 cm³/mol. The summed E-state index contributed by atoms with van der Waals surface area (Å²) >= 11 is 0. The van der Waals surface area contributed by atoms with Gasteiger partial charge in [-0.3, -0.25) is 9.59 Å². The number of hydrogen-bond acceptors (Lipinski definition) is 6. The molecule has 0 radical (unpaired) electrons. The van der Waals surface area contributed by atoms with Gasteiger partial charge in [0.2, 0.25) is 5.91 Å². The van der Waals surface area contributed by atoms with E-state index in [2.05, 4.69) is 19.2 Å². The Kier molecular flexibility index (Phi) is 11.2. The van der Waals surface area contributed by atoms with Gasteiger partial charge in [0.15, 0.2) is 0 Å². The van der Waals surface area contributed by atoms with Gasteiger partial charge in [-0.1, -0.05) is 20.3 Å². The molecule has 2 aromatic rings. The van der Waals surface area contributed by atoms with Crippen LogP contribution >= 0.6 is 0 Å². The van der Waals surface area contributed by atoms with Crippen molar-refractivity contribution in [1.29, 1.82) is 0 Å². The van der Waals surface area contributed by atoms with Crippen LogP contribution in [0.1, 0.15) is 64.5 Å². The van der Waals surface area contributed by atoms with E-state index in [-0.39, 0.29) is 18.0 Å². The van der Waals surface area contributed by atoms with Gasteiger partial charge in [0.05, 0.1) is 19.6 Å². The van der Waals surface area contributed by atoms with Crippen molar-refractivity contribution in [2.24, 2.45) is 0 Å². The van der Waals surface area contributed by atoms with E-state index in [1.54, 1.807) is 6.92 Å². The molecule has 0 aromatic heterocycles. The molecule has 7 nitrogen and oxygen atoms in total. The van der Waals surface area contributed by atoms with Crippen LogP contribution in [0.25, 0.3) is 0 Å². The average molecular weight is 471 g/mol. The van der Waals surface area contributed by atoms with Crippen LogP contribution in [0, 0.1) is 0 Å². The Hall–Kier alpha value is -3.22. The summed E-state index contributed by atoms with van der Waals surface area (Å²) in [6.07, 6.45) is 5.29. The smallest absolute Gasteiger partial charge is 0.309 e. The first-order chi connectivity index (χ1) is 16.4. The normalized spacial score (nSPS) is 15.4. The number of fused-ring (bicyclic) bond motifs is 2. The molecule has 2 aliphatic heterocycles. The number of nitrogens with two attached hydrogens (primary N) is 1. The number of esters is 1. The quantitative estimate of drug-likeness (QED) is 0.464. The molecule has 0 unspecified atom stereocenters. The molecule has 7 heteroatoms. The van der Waals surface area contributed by atoms with Crippen LogP contribution in [-0.2, 0) is 27.2 Å². The molecule has 0 aliphatic carbocycles. The first-order valence-electron chi connectivity index (χ1n) is 12.1. The number of carbonyl (C=O) groups excluding carboxylic acids is 2.